The first-order chi connectivity index (χ1) is 25.8. The molecule has 10 rings (SSSR count). The van der Waals surface area contributed by atoms with Crippen molar-refractivity contribution in [3.05, 3.63) is 194 Å². The van der Waals surface area contributed by atoms with Gasteiger partial charge < -0.3 is 14.2 Å². The molecule has 0 N–H and O–H groups in total. The van der Waals surface area contributed by atoms with Crippen LogP contribution in [0.3, 0.4) is 0 Å². The minimum absolute atomic E-state index is 0.880. The van der Waals surface area contributed by atoms with E-state index >= 15 is 0 Å². The van der Waals surface area contributed by atoms with E-state index in [-0.39, 0.29) is 0 Å². The van der Waals surface area contributed by atoms with Crippen molar-refractivity contribution < 1.29 is 4.42 Å². The van der Waals surface area contributed by atoms with Crippen LogP contribution < -0.4 is 9.80 Å². The average Bonchev–Trinajstić information content (AvgIpc) is 3.79. The fraction of sp³-hybridized carbons (Fsp3) is 0. The number of anilines is 6. The monoisotopic (exact) mass is 684 g/mol. The van der Waals surface area contributed by atoms with Crippen molar-refractivity contribution in [2.24, 2.45) is 0 Å². The molecular formula is C48H32N2OS. The smallest absolute Gasteiger partial charge is 0.137 e. The zero-order chi connectivity index (χ0) is 34.4. The van der Waals surface area contributed by atoms with Crippen LogP contribution in [-0.2, 0) is 0 Å². The molecule has 3 nitrogen and oxygen atoms in total. The summed E-state index contributed by atoms with van der Waals surface area (Å²) in [6.45, 7) is 0. The van der Waals surface area contributed by atoms with Crippen LogP contribution in [0, 0.1) is 0 Å². The molecule has 8 aromatic carbocycles. The van der Waals surface area contributed by atoms with Crippen LogP contribution in [0.1, 0.15) is 0 Å². The van der Waals surface area contributed by atoms with Crippen LogP contribution in [0.15, 0.2) is 199 Å². The number of hydrogen-bond donors (Lipinski definition) is 0. The molecule has 246 valence electrons. The molecule has 0 aliphatic heterocycles. The molecule has 0 atom stereocenters. The Morgan fingerprint density at radius 2 is 0.942 bits per heavy atom. The molecule has 4 heteroatoms. The average molecular weight is 685 g/mol. The van der Waals surface area contributed by atoms with Crippen LogP contribution in [0.5, 0.6) is 0 Å². The molecule has 10 aromatic rings. The van der Waals surface area contributed by atoms with Crippen molar-refractivity contribution in [3.63, 3.8) is 0 Å². The second kappa shape index (κ2) is 12.6. The predicted octanol–water partition coefficient (Wildman–Crippen LogP) is 14.6. The molecule has 2 aromatic heterocycles. The Bertz CT molecular complexity index is 2800. The Morgan fingerprint density at radius 1 is 0.365 bits per heavy atom. The summed E-state index contributed by atoms with van der Waals surface area (Å²) in [5, 5.41) is 4.75. The topological polar surface area (TPSA) is 19.6 Å². The molecule has 0 unspecified atom stereocenters. The Balaban J connectivity index is 1.13. The Kier molecular flexibility index (Phi) is 7.33. The minimum atomic E-state index is 0.880. The summed E-state index contributed by atoms with van der Waals surface area (Å²) in [6.07, 6.45) is 0. The molecular weight excluding hydrogens is 653 g/mol. The van der Waals surface area contributed by atoms with Crippen molar-refractivity contribution in [1.29, 1.82) is 0 Å². The molecule has 2 heterocycles. The summed E-state index contributed by atoms with van der Waals surface area (Å²) >= 11 is 1.85. The van der Waals surface area contributed by atoms with E-state index in [2.05, 4.69) is 192 Å². The second-order valence-corrected chi connectivity index (χ2v) is 14.0. The highest BCUT2D eigenvalue weighted by molar-refractivity contribution is 7.26. The van der Waals surface area contributed by atoms with Gasteiger partial charge in [-0.25, -0.2) is 0 Å². The molecule has 0 fully saturated rings. The molecule has 0 bridgehead atoms. The van der Waals surface area contributed by atoms with E-state index in [0.717, 1.165) is 56.1 Å². The van der Waals surface area contributed by atoms with Gasteiger partial charge in [0.2, 0.25) is 0 Å². The summed E-state index contributed by atoms with van der Waals surface area (Å²) in [6, 6.07) is 69.0. The maximum Gasteiger partial charge on any atom is 0.137 e. The number of nitrogens with zero attached hydrogens (tertiary/aromatic N) is 2. The Hall–Kier alpha value is -6.62. The van der Waals surface area contributed by atoms with Crippen LogP contribution >= 0.6 is 11.3 Å². The first-order valence-corrected chi connectivity index (χ1v) is 18.3. The quantitative estimate of drug-likeness (QED) is 0.167. The molecule has 52 heavy (non-hydrogen) atoms. The number of benzene rings is 8. The predicted molar refractivity (Wildman–Crippen MR) is 221 cm³/mol. The third-order valence-electron chi connectivity index (χ3n) is 9.84. The zero-order valence-electron chi connectivity index (χ0n) is 28.2. The van der Waals surface area contributed by atoms with Crippen molar-refractivity contribution in [2.45, 2.75) is 0 Å². The minimum Gasteiger partial charge on any atom is -0.456 e. The SMILES string of the molecule is c1ccc(N(c2ccccc2)c2ccc(-c3cccc4sc5ccc(N(c6ccccc6)c6cccc7oc8ccccc8c67)cc5c34)cc2)cc1. The van der Waals surface area contributed by atoms with Crippen LogP contribution in [0.2, 0.25) is 0 Å². The van der Waals surface area contributed by atoms with Crippen molar-refractivity contribution in [2.75, 3.05) is 9.80 Å². The van der Waals surface area contributed by atoms with E-state index in [9.17, 15) is 0 Å². The molecule has 0 amide bonds. The highest BCUT2D eigenvalue weighted by atomic mass is 32.1. The number of thiophene rings is 1. The van der Waals surface area contributed by atoms with Gasteiger partial charge >= 0.3 is 0 Å². The highest BCUT2D eigenvalue weighted by Gasteiger charge is 2.21. The zero-order valence-corrected chi connectivity index (χ0v) is 29.0. The Morgan fingerprint density at radius 3 is 1.65 bits per heavy atom. The summed E-state index contributed by atoms with van der Waals surface area (Å²) < 4.78 is 8.88. The summed E-state index contributed by atoms with van der Waals surface area (Å²) in [5.41, 5.74) is 10.8. The Labute approximate surface area is 305 Å². The second-order valence-electron chi connectivity index (χ2n) is 12.9. The highest BCUT2D eigenvalue weighted by Crippen LogP contribution is 2.46. The molecule has 0 saturated heterocycles. The molecule has 0 spiro atoms. The summed E-state index contributed by atoms with van der Waals surface area (Å²) in [7, 11) is 0. The van der Waals surface area contributed by atoms with Gasteiger partial charge in [-0.05, 0) is 102 Å². The number of furan rings is 1. The first kappa shape index (κ1) is 30.2. The van der Waals surface area contributed by atoms with Crippen LogP contribution in [0.25, 0.3) is 53.2 Å². The van der Waals surface area contributed by atoms with E-state index < -0.39 is 0 Å². The van der Waals surface area contributed by atoms with E-state index in [1.807, 2.05) is 23.5 Å². The van der Waals surface area contributed by atoms with Crippen molar-refractivity contribution in [1.82, 2.24) is 0 Å². The summed E-state index contributed by atoms with van der Waals surface area (Å²) in [4.78, 5) is 4.67. The number of fused-ring (bicyclic) bond motifs is 6. The largest absolute Gasteiger partial charge is 0.456 e. The lowest BCUT2D eigenvalue weighted by Gasteiger charge is -2.26. The molecule has 0 saturated carbocycles. The van der Waals surface area contributed by atoms with Gasteiger partial charge in [-0.15, -0.1) is 11.3 Å². The lowest BCUT2D eigenvalue weighted by molar-refractivity contribution is 0.669. The van der Waals surface area contributed by atoms with E-state index in [1.54, 1.807) is 0 Å². The first-order valence-electron chi connectivity index (χ1n) is 17.5. The normalized spacial score (nSPS) is 11.5. The van der Waals surface area contributed by atoms with Crippen LogP contribution in [0.4, 0.5) is 34.1 Å². The maximum absolute atomic E-state index is 6.34. The van der Waals surface area contributed by atoms with Gasteiger partial charge in [-0.1, -0.05) is 103 Å². The van der Waals surface area contributed by atoms with Crippen molar-refractivity contribution >= 4 is 87.6 Å². The molecule has 0 radical (unpaired) electrons. The molecule has 0 aliphatic carbocycles. The third-order valence-corrected chi connectivity index (χ3v) is 11.0. The van der Waals surface area contributed by atoms with Gasteiger partial charge in [-0.3, -0.25) is 0 Å². The summed E-state index contributed by atoms with van der Waals surface area (Å²) in [5.74, 6) is 0. The number of hydrogen-bond acceptors (Lipinski definition) is 4. The van der Waals surface area contributed by atoms with Crippen molar-refractivity contribution in [3.8, 4) is 11.1 Å². The number of rotatable bonds is 7. The lowest BCUT2D eigenvalue weighted by atomic mass is 9.98. The lowest BCUT2D eigenvalue weighted by Crippen LogP contribution is -2.10. The maximum atomic E-state index is 6.34. The van der Waals surface area contributed by atoms with Gasteiger partial charge in [-0.2, -0.15) is 0 Å². The van der Waals surface area contributed by atoms with Gasteiger partial charge in [0, 0.05) is 54.0 Å². The van der Waals surface area contributed by atoms with E-state index in [4.69, 9.17) is 4.42 Å². The van der Waals surface area contributed by atoms with Gasteiger partial charge in [0.25, 0.3) is 0 Å². The van der Waals surface area contributed by atoms with Gasteiger partial charge in [0.15, 0.2) is 0 Å². The van der Waals surface area contributed by atoms with E-state index in [1.165, 1.54) is 31.3 Å². The third kappa shape index (κ3) is 5.12. The van der Waals surface area contributed by atoms with Crippen LogP contribution in [-0.4, -0.2) is 0 Å². The van der Waals surface area contributed by atoms with Gasteiger partial charge in [0.1, 0.15) is 11.2 Å². The fourth-order valence-corrected chi connectivity index (χ4v) is 8.64. The standard InChI is InChI=1S/C48H32N2OS/c1-4-14-34(15-5-1)49(35-16-6-2-7-17-35)37-28-26-33(27-29-37)39-21-12-25-46-47(39)41-32-38(30-31-45(41)52-46)50(36-18-8-3-9-19-36)42-22-13-24-44-48(42)40-20-10-11-23-43(40)51-44/h1-32H. The van der Waals surface area contributed by atoms with E-state index in [0.29, 0.717) is 0 Å². The molecule has 0 aliphatic rings. The fourth-order valence-electron chi connectivity index (χ4n) is 7.53. The van der Waals surface area contributed by atoms with Gasteiger partial charge in [0.05, 0.1) is 11.1 Å². The number of para-hydroxylation sites is 4.